The first-order chi connectivity index (χ1) is 11.6. The Kier molecular flexibility index (Phi) is 5.30. The Balaban J connectivity index is 1.57. The van der Waals surface area contributed by atoms with E-state index in [2.05, 4.69) is 4.98 Å². The number of amides is 1. The molecule has 2 heterocycles. The van der Waals surface area contributed by atoms with E-state index in [0.29, 0.717) is 16.9 Å². The molecular formula is C19H20N2O2S. The lowest BCUT2D eigenvalue weighted by atomic mass is 10.1. The van der Waals surface area contributed by atoms with Crippen molar-refractivity contribution >= 4 is 23.5 Å². The Morgan fingerprint density at radius 3 is 2.33 bits per heavy atom. The second-order valence-electron chi connectivity index (χ2n) is 5.96. The molecule has 0 unspecified atom stereocenters. The molecule has 1 saturated heterocycles. The number of hydrogen-bond donors (Lipinski definition) is 0. The summed E-state index contributed by atoms with van der Waals surface area (Å²) in [4.78, 5) is 30.6. The summed E-state index contributed by atoms with van der Waals surface area (Å²) in [5.41, 5.74) is 2.47. The van der Waals surface area contributed by atoms with Crippen LogP contribution in [-0.4, -0.2) is 40.4 Å². The molecule has 124 valence electrons. The lowest BCUT2D eigenvalue weighted by Gasteiger charge is -2.14. The van der Waals surface area contributed by atoms with Crippen molar-refractivity contribution in [2.75, 3.05) is 18.8 Å². The first-order valence-electron chi connectivity index (χ1n) is 8.11. The lowest BCUT2D eigenvalue weighted by Crippen LogP contribution is -2.27. The van der Waals surface area contributed by atoms with E-state index in [1.807, 2.05) is 42.2 Å². The molecule has 1 aromatic heterocycles. The van der Waals surface area contributed by atoms with Crippen molar-refractivity contribution in [2.24, 2.45) is 0 Å². The van der Waals surface area contributed by atoms with Crippen LogP contribution in [0, 0.1) is 6.92 Å². The Morgan fingerprint density at radius 1 is 1.04 bits per heavy atom. The molecule has 0 bridgehead atoms. The highest BCUT2D eigenvalue weighted by atomic mass is 32.2. The van der Waals surface area contributed by atoms with Gasteiger partial charge in [-0.25, -0.2) is 4.98 Å². The number of pyridine rings is 1. The number of carbonyl (C=O) groups excluding carboxylic acids is 2. The summed E-state index contributed by atoms with van der Waals surface area (Å²) in [6, 6.07) is 11.2. The molecule has 1 fully saturated rings. The van der Waals surface area contributed by atoms with Gasteiger partial charge in [0.05, 0.1) is 16.3 Å². The smallest absolute Gasteiger partial charge is 0.255 e. The van der Waals surface area contributed by atoms with E-state index in [1.54, 1.807) is 12.3 Å². The number of benzene rings is 1. The number of nitrogens with zero attached hydrogens (tertiary/aromatic N) is 2. The van der Waals surface area contributed by atoms with Crippen molar-refractivity contribution in [1.82, 2.24) is 9.88 Å². The minimum Gasteiger partial charge on any atom is -0.339 e. The van der Waals surface area contributed by atoms with E-state index in [0.717, 1.165) is 36.5 Å². The maximum Gasteiger partial charge on any atom is 0.255 e. The van der Waals surface area contributed by atoms with Crippen molar-refractivity contribution in [3.8, 4) is 0 Å². The van der Waals surface area contributed by atoms with Gasteiger partial charge in [0.2, 0.25) is 0 Å². The topological polar surface area (TPSA) is 50.3 Å². The number of aromatic nitrogens is 1. The van der Waals surface area contributed by atoms with Gasteiger partial charge in [-0.15, -0.1) is 0 Å². The summed E-state index contributed by atoms with van der Waals surface area (Å²) >= 11 is 1.39. The maximum absolute atomic E-state index is 12.3. The molecule has 1 amide bonds. The van der Waals surface area contributed by atoms with Crippen LogP contribution in [0.15, 0.2) is 47.6 Å². The number of aryl methyl sites for hydroxylation is 1. The van der Waals surface area contributed by atoms with E-state index < -0.39 is 0 Å². The Labute approximate surface area is 146 Å². The van der Waals surface area contributed by atoms with Crippen molar-refractivity contribution in [3.05, 3.63) is 59.3 Å². The molecule has 5 heteroatoms. The van der Waals surface area contributed by atoms with Gasteiger partial charge in [0.25, 0.3) is 5.91 Å². The SMILES string of the molecule is Cc1ccc(C(=O)CSc2ccc(C(=O)N3CCCC3)cn2)cc1. The molecule has 0 aliphatic carbocycles. The number of hydrogen-bond acceptors (Lipinski definition) is 4. The second-order valence-corrected chi connectivity index (χ2v) is 6.96. The number of ketones is 1. The fourth-order valence-electron chi connectivity index (χ4n) is 2.66. The molecule has 0 saturated carbocycles. The van der Waals surface area contributed by atoms with Crippen LogP contribution in [0.5, 0.6) is 0 Å². The van der Waals surface area contributed by atoms with E-state index >= 15 is 0 Å². The zero-order valence-corrected chi connectivity index (χ0v) is 14.5. The van der Waals surface area contributed by atoms with Gasteiger partial charge in [-0.1, -0.05) is 41.6 Å². The lowest BCUT2D eigenvalue weighted by molar-refractivity contribution is 0.0792. The van der Waals surface area contributed by atoms with Gasteiger partial charge in [-0.3, -0.25) is 9.59 Å². The van der Waals surface area contributed by atoms with Crippen molar-refractivity contribution < 1.29 is 9.59 Å². The standard InChI is InChI=1S/C19H20N2O2S/c1-14-4-6-15(7-5-14)17(22)13-24-18-9-8-16(12-20-18)19(23)21-10-2-3-11-21/h4-9,12H,2-3,10-11,13H2,1H3. The molecule has 4 nitrogen and oxygen atoms in total. The van der Waals surface area contributed by atoms with Gasteiger partial charge in [-0.2, -0.15) is 0 Å². The molecule has 0 atom stereocenters. The Hall–Kier alpha value is -2.14. The van der Waals surface area contributed by atoms with E-state index in [4.69, 9.17) is 0 Å². The quantitative estimate of drug-likeness (QED) is 0.616. The summed E-state index contributed by atoms with van der Waals surface area (Å²) in [5.74, 6) is 0.474. The number of rotatable bonds is 5. The minimum atomic E-state index is 0.0484. The first-order valence-corrected chi connectivity index (χ1v) is 9.10. The van der Waals surface area contributed by atoms with Crippen LogP contribution in [0.4, 0.5) is 0 Å². The summed E-state index contributed by atoms with van der Waals surface area (Å²) in [7, 11) is 0. The van der Waals surface area contributed by atoms with E-state index in [1.165, 1.54) is 11.8 Å². The van der Waals surface area contributed by atoms with Gasteiger partial charge in [-0.05, 0) is 31.9 Å². The van der Waals surface area contributed by atoms with Crippen molar-refractivity contribution in [2.45, 2.75) is 24.8 Å². The average Bonchev–Trinajstić information content (AvgIpc) is 3.15. The monoisotopic (exact) mass is 340 g/mol. The number of likely N-dealkylation sites (tertiary alicyclic amines) is 1. The first kappa shape index (κ1) is 16.7. The zero-order valence-electron chi connectivity index (χ0n) is 13.7. The van der Waals surface area contributed by atoms with Gasteiger partial charge >= 0.3 is 0 Å². The molecule has 1 aliphatic heterocycles. The fourth-order valence-corrected chi connectivity index (χ4v) is 3.39. The van der Waals surface area contributed by atoms with Crippen LogP contribution in [0.25, 0.3) is 0 Å². The van der Waals surface area contributed by atoms with Gasteiger partial charge in [0.15, 0.2) is 5.78 Å². The van der Waals surface area contributed by atoms with Gasteiger partial charge < -0.3 is 4.90 Å². The molecule has 1 aliphatic rings. The van der Waals surface area contributed by atoms with Crippen LogP contribution >= 0.6 is 11.8 Å². The zero-order chi connectivity index (χ0) is 16.9. The van der Waals surface area contributed by atoms with Crippen LogP contribution in [0.1, 0.15) is 39.1 Å². The van der Waals surface area contributed by atoms with Crippen molar-refractivity contribution in [3.63, 3.8) is 0 Å². The predicted molar refractivity (Wildman–Crippen MR) is 95.6 cm³/mol. The van der Waals surface area contributed by atoms with Gasteiger partial charge in [0, 0.05) is 24.8 Å². The Morgan fingerprint density at radius 2 is 1.71 bits per heavy atom. The summed E-state index contributed by atoms with van der Waals surface area (Å²) in [6.07, 6.45) is 3.77. The average molecular weight is 340 g/mol. The second kappa shape index (κ2) is 7.62. The third-order valence-corrected chi connectivity index (χ3v) is 5.05. The largest absolute Gasteiger partial charge is 0.339 e. The summed E-state index contributed by atoms with van der Waals surface area (Å²) < 4.78 is 0. The van der Waals surface area contributed by atoms with E-state index in [9.17, 15) is 9.59 Å². The molecule has 0 spiro atoms. The van der Waals surface area contributed by atoms with Crippen molar-refractivity contribution in [1.29, 1.82) is 0 Å². The molecule has 0 radical (unpaired) electrons. The number of thioether (sulfide) groups is 1. The summed E-state index contributed by atoms with van der Waals surface area (Å²) in [5, 5.41) is 0.758. The molecule has 1 aromatic carbocycles. The van der Waals surface area contributed by atoms with Crippen LogP contribution in [-0.2, 0) is 0 Å². The predicted octanol–water partition coefficient (Wildman–Crippen LogP) is 3.60. The van der Waals surface area contributed by atoms with Crippen LogP contribution in [0.2, 0.25) is 0 Å². The highest BCUT2D eigenvalue weighted by Gasteiger charge is 2.19. The Bertz CT molecular complexity index is 720. The maximum atomic E-state index is 12.3. The van der Waals surface area contributed by atoms with Gasteiger partial charge in [0.1, 0.15) is 0 Å². The summed E-state index contributed by atoms with van der Waals surface area (Å²) in [6.45, 7) is 3.67. The van der Waals surface area contributed by atoms with E-state index in [-0.39, 0.29) is 11.7 Å². The normalized spacial score (nSPS) is 14.0. The molecule has 2 aromatic rings. The van der Waals surface area contributed by atoms with Crippen LogP contribution in [0.3, 0.4) is 0 Å². The molecular weight excluding hydrogens is 320 g/mol. The highest BCUT2D eigenvalue weighted by molar-refractivity contribution is 7.99. The highest BCUT2D eigenvalue weighted by Crippen LogP contribution is 2.19. The molecule has 0 N–H and O–H groups in total. The third kappa shape index (κ3) is 4.03. The number of Topliss-reactive ketones (excluding diaryl/α,β-unsaturated/α-hetero) is 1. The number of carbonyl (C=O) groups is 2. The molecule has 24 heavy (non-hydrogen) atoms. The molecule has 3 rings (SSSR count). The third-order valence-electron chi connectivity index (χ3n) is 4.10. The minimum absolute atomic E-state index is 0.0484. The fraction of sp³-hybridized carbons (Fsp3) is 0.316. The van der Waals surface area contributed by atoms with Crippen LogP contribution < -0.4 is 0 Å².